The first-order valence-electron chi connectivity index (χ1n) is 7.10. The van der Waals surface area contributed by atoms with Gasteiger partial charge in [-0.1, -0.05) is 11.6 Å². The van der Waals surface area contributed by atoms with Gasteiger partial charge in [-0.2, -0.15) is 0 Å². The first-order valence-corrected chi connectivity index (χ1v) is 7.48. The van der Waals surface area contributed by atoms with Gasteiger partial charge < -0.3 is 10.6 Å². The molecule has 0 saturated heterocycles. The molecule has 0 bridgehead atoms. The van der Waals surface area contributed by atoms with E-state index in [2.05, 4.69) is 30.6 Å². The molecule has 0 spiro atoms. The minimum atomic E-state index is -0.573. The monoisotopic (exact) mass is 357 g/mol. The Morgan fingerprint density at radius 2 is 1.76 bits per heavy atom. The fourth-order valence-electron chi connectivity index (χ4n) is 2.03. The number of anilines is 4. The van der Waals surface area contributed by atoms with E-state index in [4.69, 9.17) is 11.6 Å². The summed E-state index contributed by atoms with van der Waals surface area (Å²) in [6.07, 6.45) is 4.23. The maximum atomic E-state index is 11.5. The summed E-state index contributed by atoms with van der Waals surface area (Å²) in [5.74, 6) is 0.836. The highest BCUT2D eigenvalue weighted by molar-refractivity contribution is 6.30. The van der Waals surface area contributed by atoms with Crippen molar-refractivity contribution in [3.05, 3.63) is 63.7 Å². The second kappa shape index (κ2) is 7.05. The van der Waals surface area contributed by atoms with Crippen LogP contribution in [0, 0.1) is 17.0 Å². The Balaban J connectivity index is 1.96. The summed E-state index contributed by atoms with van der Waals surface area (Å²) < 4.78 is 0. The van der Waals surface area contributed by atoms with Crippen LogP contribution in [-0.4, -0.2) is 24.9 Å². The number of rotatable bonds is 5. The third-order valence-electron chi connectivity index (χ3n) is 3.14. The molecule has 2 N–H and O–H groups in total. The number of pyridine rings is 2. The van der Waals surface area contributed by atoms with E-state index < -0.39 is 4.92 Å². The molecular weight excluding hydrogens is 346 g/mol. The maximum absolute atomic E-state index is 11.5. The smallest absolute Gasteiger partial charge is 0.319 e. The zero-order valence-corrected chi connectivity index (χ0v) is 13.7. The van der Waals surface area contributed by atoms with Crippen LogP contribution in [0.2, 0.25) is 5.02 Å². The van der Waals surface area contributed by atoms with Crippen molar-refractivity contribution >= 4 is 40.6 Å². The van der Waals surface area contributed by atoms with Crippen LogP contribution in [0.1, 0.15) is 5.56 Å². The predicted octanol–water partition coefficient (Wildman–Crippen LogP) is 3.62. The van der Waals surface area contributed by atoms with Gasteiger partial charge in [-0.25, -0.2) is 19.9 Å². The van der Waals surface area contributed by atoms with Crippen molar-refractivity contribution in [2.75, 3.05) is 10.6 Å². The molecule has 3 aromatic heterocycles. The number of nitro groups is 1. The zero-order chi connectivity index (χ0) is 17.8. The molecule has 3 heterocycles. The summed E-state index contributed by atoms with van der Waals surface area (Å²) in [5, 5.41) is 17.6. The van der Waals surface area contributed by atoms with Gasteiger partial charge in [-0.15, -0.1) is 0 Å². The molecule has 9 nitrogen and oxygen atoms in total. The molecule has 0 atom stereocenters. The topological polar surface area (TPSA) is 119 Å². The first kappa shape index (κ1) is 16.5. The molecule has 0 aliphatic heterocycles. The molecule has 10 heteroatoms. The van der Waals surface area contributed by atoms with Gasteiger partial charge in [0.2, 0.25) is 11.6 Å². The number of halogens is 1. The Kier molecular flexibility index (Phi) is 4.66. The molecular formula is C15H12ClN7O2. The van der Waals surface area contributed by atoms with Gasteiger partial charge in [0.1, 0.15) is 18.0 Å². The highest BCUT2D eigenvalue weighted by atomic mass is 35.5. The Bertz CT molecular complexity index is 918. The number of nitrogens with zero attached hydrogens (tertiary/aromatic N) is 5. The first-order chi connectivity index (χ1) is 12.0. The van der Waals surface area contributed by atoms with Crippen molar-refractivity contribution in [3.63, 3.8) is 0 Å². The van der Waals surface area contributed by atoms with E-state index in [1.54, 1.807) is 24.4 Å². The van der Waals surface area contributed by atoms with Crippen LogP contribution >= 0.6 is 11.6 Å². The van der Waals surface area contributed by atoms with Crippen molar-refractivity contribution in [2.45, 2.75) is 6.92 Å². The highest BCUT2D eigenvalue weighted by Crippen LogP contribution is 2.32. The molecule has 126 valence electrons. The van der Waals surface area contributed by atoms with Crippen LogP contribution in [0.5, 0.6) is 0 Å². The number of hydrogen-bond donors (Lipinski definition) is 2. The van der Waals surface area contributed by atoms with Crippen molar-refractivity contribution in [2.24, 2.45) is 0 Å². The normalized spacial score (nSPS) is 10.3. The van der Waals surface area contributed by atoms with Gasteiger partial charge in [0, 0.05) is 12.4 Å². The lowest BCUT2D eigenvalue weighted by molar-refractivity contribution is -0.383. The van der Waals surface area contributed by atoms with Crippen LogP contribution in [0.4, 0.5) is 29.0 Å². The molecule has 3 rings (SSSR count). The van der Waals surface area contributed by atoms with Gasteiger partial charge in [0.05, 0.1) is 9.95 Å². The quantitative estimate of drug-likeness (QED) is 0.524. The summed E-state index contributed by atoms with van der Waals surface area (Å²) in [5.41, 5.74) is 0.639. The fourth-order valence-corrected chi connectivity index (χ4v) is 2.14. The molecule has 0 unspecified atom stereocenters. The average Bonchev–Trinajstić information content (AvgIpc) is 2.57. The van der Waals surface area contributed by atoms with Gasteiger partial charge in [-0.05, 0) is 36.8 Å². The lowest BCUT2D eigenvalue weighted by atomic mass is 10.3. The number of aryl methyl sites for hydroxylation is 1. The van der Waals surface area contributed by atoms with Crippen molar-refractivity contribution in [3.8, 4) is 0 Å². The van der Waals surface area contributed by atoms with Crippen LogP contribution in [0.3, 0.4) is 0 Å². The van der Waals surface area contributed by atoms with E-state index in [-0.39, 0.29) is 17.3 Å². The summed E-state index contributed by atoms with van der Waals surface area (Å²) in [6, 6.07) is 6.77. The largest absolute Gasteiger partial charge is 0.354 e. The summed E-state index contributed by atoms with van der Waals surface area (Å²) in [4.78, 5) is 27.0. The second-order valence-corrected chi connectivity index (χ2v) is 5.44. The molecule has 25 heavy (non-hydrogen) atoms. The Morgan fingerprint density at radius 3 is 2.36 bits per heavy atom. The fraction of sp³-hybridized carbons (Fsp3) is 0.0667. The predicted molar refractivity (Wildman–Crippen MR) is 93.5 cm³/mol. The van der Waals surface area contributed by atoms with Crippen LogP contribution in [0.25, 0.3) is 0 Å². The summed E-state index contributed by atoms with van der Waals surface area (Å²) in [7, 11) is 0. The molecule has 0 fully saturated rings. The molecule has 3 aromatic rings. The molecule has 0 aromatic carbocycles. The highest BCUT2D eigenvalue weighted by Gasteiger charge is 2.23. The lowest BCUT2D eigenvalue weighted by Gasteiger charge is -2.09. The van der Waals surface area contributed by atoms with E-state index in [0.29, 0.717) is 16.7 Å². The van der Waals surface area contributed by atoms with E-state index in [1.807, 2.05) is 13.0 Å². The van der Waals surface area contributed by atoms with E-state index in [0.717, 1.165) is 5.56 Å². The molecule has 0 aliphatic carbocycles. The second-order valence-electron chi connectivity index (χ2n) is 5.01. The molecule has 0 saturated carbocycles. The molecule has 0 amide bonds. The third-order valence-corrected chi connectivity index (χ3v) is 3.36. The van der Waals surface area contributed by atoms with Gasteiger partial charge in [0.25, 0.3) is 0 Å². The van der Waals surface area contributed by atoms with Crippen LogP contribution < -0.4 is 10.6 Å². The van der Waals surface area contributed by atoms with E-state index in [1.165, 1.54) is 12.5 Å². The maximum Gasteiger partial charge on any atom is 0.354 e. The Hall–Kier alpha value is -3.33. The van der Waals surface area contributed by atoms with Crippen LogP contribution in [0.15, 0.2) is 43.0 Å². The number of hydrogen-bond acceptors (Lipinski definition) is 8. The van der Waals surface area contributed by atoms with Crippen molar-refractivity contribution in [1.29, 1.82) is 0 Å². The van der Waals surface area contributed by atoms with Crippen molar-refractivity contribution in [1.82, 2.24) is 19.9 Å². The summed E-state index contributed by atoms with van der Waals surface area (Å²) >= 11 is 5.78. The van der Waals surface area contributed by atoms with Gasteiger partial charge >= 0.3 is 5.69 Å². The minimum Gasteiger partial charge on any atom is -0.319 e. The minimum absolute atomic E-state index is 0.00461. The van der Waals surface area contributed by atoms with Gasteiger partial charge in [-0.3, -0.25) is 10.1 Å². The number of nitrogens with one attached hydrogen (secondary N) is 2. The molecule has 0 aliphatic rings. The third kappa shape index (κ3) is 3.96. The zero-order valence-electron chi connectivity index (χ0n) is 13.0. The summed E-state index contributed by atoms with van der Waals surface area (Å²) in [6.45, 7) is 1.89. The molecule has 0 radical (unpaired) electrons. The lowest BCUT2D eigenvalue weighted by Crippen LogP contribution is -2.06. The average molecular weight is 358 g/mol. The SMILES string of the molecule is Cc1ccnc(Nc2ncnc(Nc3ccc(Cl)cn3)c2[N+](=O)[O-])c1. The van der Waals surface area contributed by atoms with Gasteiger partial charge in [0.15, 0.2) is 0 Å². The Morgan fingerprint density at radius 1 is 1.04 bits per heavy atom. The standard InChI is InChI=1S/C15H12ClN7O2/c1-9-4-5-17-12(6-9)22-15-13(23(24)25)14(19-8-20-15)21-11-3-2-10(16)7-18-11/h2-8H,1H3,(H2,17,18,19,20,21,22). The van der Waals surface area contributed by atoms with Crippen molar-refractivity contribution < 1.29 is 4.92 Å². The van der Waals surface area contributed by atoms with Crippen LogP contribution in [-0.2, 0) is 0 Å². The van der Waals surface area contributed by atoms with E-state index >= 15 is 0 Å². The number of aromatic nitrogens is 4. The van der Waals surface area contributed by atoms with E-state index in [9.17, 15) is 10.1 Å². The Labute approximate surface area is 147 Å².